The molecule has 0 aromatic heterocycles. The SMILES string of the molecule is COc1ccc(N(C(C)C(=O)NC(C)c2cc(OC)ccc2OC)S(C)(=O)=O)cc1. The molecular weight excluding hydrogens is 408 g/mol. The predicted octanol–water partition coefficient (Wildman–Crippen LogP) is 2.74. The van der Waals surface area contributed by atoms with Gasteiger partial charge in [0.15, 0.2) is 0 Å². The third-order valence-corrected chi connectivity index (χ3v) is 5.92. The van der Waals surface area contributed by atoms with Crippen LogP contribution in [0.5, 0.6) is 17.2 Å². The summed E-state index contributed by atoms with van der Waals surface area (Å²) in [6.45, 7) is 3.33. The minimum absolute atomic E-state index is 0.368. The van der Waals surface area contributed by atoms with Gasteiger partial charge in [-0.05, 0) is 56.3 Å². The maximum atomic E-state index is 13.0. The van der Waals surface area contributed by atoms with E-state index in [2.05, 4.69) is 5.32 Å². The van der Waals surface area contributed by atoms with Crippen LogP contribution in [0.1, 0.15) is 25.5 Å². The summed E-state index contributed by atoms with van der Waals surface area (Å²) in [5.74, 6) is 1.35. The molecule has 0 spiro atoms. The molecule has 2 atom stereocenters. The van der Waals surface area contributed by atoms with Crippen LogP contribution in [0.15, 0.2) is 42.5 Å². The summed E-state index contributed by atoms with van der Waals surface area (Å²) in [4.78, 5) is 13.0. The molecule has 2 aromatic carbocycles. The van der Waals surface area contributed by atoms with Crippen molar-refractivity contribution in [2.24, 2.45) is 0 Å². The Morgan fingerprint density at radius 1 is 0.933 bits per heavy atom. The van der Waals surface area contributed by atoms with Gasteiger partial charge in [0, 0.05) is 5.56 Å². The summed E-state index contributed by atoms with van der Waals surface area (Å²) in [5, 5.41) is 2.86. The Bertz CT molecular complexity index is 975. The minimum atomic E-state index is -3.72. The van der Waals surface area contributed by atoms with Crippen LogP contribution in [0.3, 0.4) is 0 Å². The van der Waals surface area contributed by atoms with E-state index in [0.717, 1.165) is 10.6 Å². The number of hydrogen-bond acceptors (Lipinski definition) is 6. The summed E-state index contributed by atoms with van der Waals surface area (Å²) >= 11 is 0. The van der Waals surface area contributed by atoms with Crippen molar-refractivity contribution < 1.29 is 27.4 Å². The number of anilines is 1. The highest BCUT2D eigenvalue weighted by molar-refractivity contribution is 7.92. The lowest BCUT2D eigenvalue weighted by atomic mass is 10.1. The van der Waals surface area contributed by atoms with Crippen LogP contribution in [0.4, 0.5) is 5.69 Å². The smallest absolute Gasteiger partial charge is 0.244 e. The monoisotopic (exact) mass is 436 g/mol. The first-order valence-electron chi connectivity index (χ1n) is 9.28. The van der Waals surface area contributed by atoms with E-state index in [1.807, 2.05) is 0 Å². The van der Waals surface area contributed by atoms with Crippen LogP contribution >= 0.6 is 0 Å². The second kappa shape index (κ2) is 9.71. The first-order valence-corrected chi connectivity index (χ1v) is 11.1. The van der Waals surface area contributed by atoms with Gasteiger partial charge in [0.25, 0.3) is 0 Å². The number of sulfonamides is 1. The number of hydrogen-bond donors (Lipinski definition) is 1. The summed E-state index contributed by atoms with van der Waals surface area (Å²) in [6, 6.07) is 10.3. The highest BCUT2D eigenvalue weighted by Crippen LogP contribution is 2.30. The van der Waals surface area contributed by atoms with Crippen LogP contribution in [-0.2, 0) is 14.8 Å². The number of benzene rings is 2. The number of nitrogens with zero attached hydrogens (tertiary/aromatic N) is 1. The fraction of sp³-hybridized carbons (Fsp3) is 0.381. The van der Waals surface area contributed by atoms with Crippen molar-refractivity contribution in [3.8, 4) is 17.2 Å². The summed E-state index contributed by atoms with van der Waals surface area (Å²) in [7, 11) is 0.893. The average Bonchev–Trinajstić information content (AvgIpc) is 2.72. The Labute approximate surface area is 177 Å². The number of amides is 1. The molecule has 0 aliphatic rings. The van der Waals surface area contributed by atoms with Crippen LogP contribution in [0, 0.1) is 0 Å². The van der Waals surface area contributed by atoms with E-state index in [1.165, 1.54) is 21.1 Å². The fourth-order valence-electron chi connectivity index (χ4n) is 3.13. The van der Waals surface area contributed by atoms with Crippen molar-refractivity contribution >= 4 is 21.6 Å². The molecule has 0 heterocycles. The van der Waals surface area contributed by atoms with E-state index in [4.69, 9.17) is 14.2 Å². The van der Waals surface area contributed by atoms with Gasteiger partial charge >= 0.3 is 0 Å². The highest BCUT2D eigenvalue weighted by atomic mass is 32.2. The van der Waals surface area contributed by atoms with Gasteiger partial charge in [-0.25, -0.2) is 8.42 Å². The molecule has 1 amide bonds. The van der Waals surface area contributed by atoms with E-state index in [0.29, 0.717) is 28.5 Å². The maximum Gasteiger partial charge on any atom is 0.244 e. The minimum Gasteiger partial charge on any atom is -0.497 e. The Morgan fingerprint density at radius 2 is 1.50 bits per heavy atom. The van der Waals surface area contributed by atoms with Gasteiger partial charge in [0.2, 0.25) is 15.9 Å². The zero-order valence-corrected chi connectivity index (χ0v) is 18.8. The van der Waals surface area contributed by atoms with Crippen molar-refractivity contribution in [2.75, 3.05) is 31.9 Å². The van der Waals surface area contributed by atoms with E-state index in [1.54, 1.807) is 56.5 Å². The molecule has 30 heavy (non-hydrogen) atoms. The molecule has 0 saturated heterocycles. The van der Waals surface area contributed by atoms with E-state index < -0.39 is 28.0 Å². The predicted molar refractivity (Wildman–Crippen MR) is 116 cm³/mol. The lowest BCUT2D eigenvalue weighted by molar-refractivity contribution is -0.122. The van der Waals surface area contributed by atoms with Crippen LogP contribution in [0.2, 0.25) is 0 Å². The molecule has 2 rings (SSSR count). The average molecular weight is 437 g/mol. The Kier molecular flexibility index (Phi) is 7.55. The van der Waals surface area contributed by atoms with Gasteiger partial charge in [0.05, 0.1) is 39.3 Å². The van der Waals surface area contributed by atoms with Gasteiger partial charge in [-0.2, -0.15) is 0 Å². The van der Waals surface area contributed by atoms with Gasteiger partial charge in [0.1, 0.15) is 23.3 Å². The largest absolute Gasteiger partial charge is 0.497 e. The maximum absolute atomic E-state index is 13.0. The Balaban J connectivity index is 2.29. The normalized spacial score (nSPS) is 13.1. The number of carbonyl (C=O) groups is 1. The number of rotatable bonds is 9. The molecule has 1 N–H and O–H groups in total. The molecule has 164 valence electrons. The molecule has 0 saturated carbocycles. The molecule has 0 aliphatic heterocycles. The first-order chi connectivity index (χ1) is 14.1. The summed E-state index contributed by atoms with van der Waals surface area (Å²) in [6.07, 6.45) is 1.07. The van der Waals surface area contributed by atoms with E-state index in [9.17, 15) is 13.2 Å². The molecule has 2 unspecified atom stereocenters. The van der Waals surface area contributed by atoms with Crippen molar-refractivity contribution in [1.29, 1.82) is 0 Å². The Morgan fingerprint density at radius 3 is 2.00 bits per heavy atom. The first kappa shape index (κ1) is 23.3. The summed E-state index contributed by atoms with van der Waals surface area (Å²) < 4.78 is 41.7. The Hall–Kier alpha value is -2.94. The molecule has 2 aromatic rings. The molecule has 0 radical (unpaired) electrons. The third kappa shape index (κ3) is 5.35. The number of ether oxygens (including phenoxy) is 3. The van der Waals surface area contributed by atoms with Gasteiger partial charge in [-0.15, -0.1) is 0 Å². The summed E-state index contributed by atoms with van der Waals surface area (Å²) in [5.41, 5.74) is 1.08. The third-order valence-electron chi connectivity index (χ3n) is 4.68. The second-order valence-electron chi connectivity index (χ2n) is 6.77. The molecule has 0 aliphatic carbocycles. The molecular formula is C21H28N2O6S. The molecule has 8 nitrogen and oxygen atoms in total. The zero-order valence-electron chi connectivity index (χ0n) is 18.0. The van der Waals surface area contributed by atoms with E-state index >= 15 is 0 Å². The topological polar surface area (TPSA) is 94.2 Å². The molecule has 9 heteroatoms. The van der Waals surface area contributed by atoms with Crippen LogP contribution in [0.25, 0.3) is 0 Å². The van der Waals surface area contributed by atoms with Crippen LogP contribution in [-0.4, -0.2) is 48.0 Å². The van der Waals surface area contributed by atoms with Gasteiger partial charge in [-0.1, -0.05) is 0 Å². The van der Waals surface area contributed by atoms with Gasteiger partial charge in [-0.3, -0.25) is 9.10 Å². The fourth-order valence-corrected chi connectivity index (χ4v) is 4.30. The van der Waals surface area contributed by atoms with Crippen molar-refractivity contribution in [2.45, 2.75) is 25.9 Å². The van der Waals surface area contributed by atoms with E-state index in [-0.39, 0.29) is 0 Å². The zero-order chi connectivity index (χ0) is 22.5. The van der Waals surface area contributed by atoms with Gasteiger partial charge < -0.3 is 19.5 Å². The van der Waals surface area contributed by atoms with Crippen molar-refractivity contribution in [3.63, 3.8) is 0 Å². The number of nitrogens with one attached hydrogen (secondary N) is 1. The number of methoxy groups -OCH3 is 3. The second-order valence-corrected chi connectivity index (χ2v) is 8.63. The molecule has 0 fully saturated rings. The van der Waals surface area contributed by atoms with Crippen LogP contribution < -0.4 is 23.8 Å². The quantitative estimate of drug-likeness (QED) is 0.650. The lowest BCUT2D eigenvalue weighted by Crippen LogP contribution is -2.48. The lowest BCUT2D eigenvalue weighted by Gasteiger charge is -2.29. The number of carbonyl (C=O) groups excluding carboxylic acids is 1. The standard InChI is InChI=1S/C21H28N2O6S/c1-14(19-13-18(28-4)11-12-20(19)29-5)22-21(24)15(2)23(30(6,25)26)16-7-9-17(27-3)10-8-16/h7-15H,1-6H3,(H,22,24). The van der Waals surface area contributed by atoms with Crippen molar-refractivity contribution in [3.05, 3.63) is 48.0 Å². The molecule has 0 bridgehead atoms. The van der Waals surface area contributed by atoms with Crippen molar-refractivity contribution in [1.82, 2.24) is 5.32 Å². The highest BCUT2D eigenvalue weighted by Gasteiger charge is 2.30.